The predicted octanol–water partition coefficient (Wildman–Crippen LogP) is 3.69. The second-order valence-electron chi connectivity index (χ2n) is 5.20. The highest BCUT2D eigenvalue weighted by molar-refractivity contribution is 5.60. The summed E-state index contributed by atoms with van der Waals surface area (Å²) in [4.78, 5) is 8.43. The first-order chi connectivity index (χ1) is 11.7. The van der Waals surface area contributed by atoms with Crippen LogP contribution in [-0.4, -0.2) is 11.2 Å². The van der Waals surface area contributed by atoms with E-state index < -0.39 is 0 Å². The van der Waals surface area contributed by atoms with Gasteiger partial charge in [-0.2, -0.15) is 0 Å². The van der Waals surface area contributed by atoms with Crippen LogP contribution in [0.1, 0.15) is 18.4 Å². The minimum Gasteiger partial charge on any atom is -0.403 e. The highest BCUT2D eigenvalue weighted by Gasteiger charge is 2.04. The largest absolute Gasteiger partial charge is 0.403 e. The summed E-state index contributed by atoms with van der Waals surface area (Å²) in [5.41, 5.74) is 8.66. The number of nitrogens with one attached hydrogen (secondary N) is 1. The number of allylic oxidation sites excluding steroid dienone is 5. The minimum absolute atomic E-state index is 0.184. The van der Waals surface area contributed by atoms with Gasteiger partial charge in [-0.15, -0.1) is 0 Å². The SMILES string of the molecule is C=C(NC1=CCC(F)=CC=C1)/C(=C\N)N=CCCc1cccnc1. The molecule has 1 aromatic rings. The summed E-state index contributed by atoms with van der Waals surface area (Å²) >= 11 is 0. The first-order valence-electron chi connectivity index (χ1n) is 7.71. The molecule has 2 rings (SSSR count). The maximum atomic E-state index is 13.2. The van der Waals surface area contributed by atoms with E-state index in [1.165, 1.54) is 12.3 Å². The van der Waals surface area contributed by atoms with Gasteiger partial charge in [-0.1, -0.05) is 24.8 Å². The second-order valence-corrected chi connectivity index (χ2v) is 5.20. The van der Waals surface area contributed by atoms with Crippen molar-refractivity contribution in [2.45, 2.75) is 19.3 Å². The van der Waals surface area contributed by atoms with E-state index in [1.807, 2.05) is 18.3 Å². The average Bonchev–Trinajstić information content (AvgIpc) is 2.80. The number of nitrogens with two attached hydrogens (primary N) is 1. The normalized spacial score (nSPS) is 15.0. The van der Waals surface area contributed by atoms with Crippen LogP contribution in [0.15, 0.2) is 89.5 Å². The van der Waals surface area contributed by atoms with E-state index in [0.717, 1.165) is 24.1 Å². The van der Waals surface area contributed by atoms with E-state index in [0.29, 0.717) is 11.4 Å². The number of hydrogen-bond donors (Lipinski definition) is 2. The number of aryl methyl sites for hydroxylation is 1. The Morgan fingerprint density at radius 1 is 1.50 bits per heavy atom. The van der Waals surface area contributed by atoms with Gasteiger partial charge in [-0.05, 0) is 36.6 Å². The van der Waals surface area contributed by atoms with Gasteiger partial charge in [-0.3, -0.25) is 9.98 Å². The number of nitrogens with zero attached hydrogens (tertiary/aromatic N) is 2. The van der Waals surface area contributed by atoms with E-state index in [-0.39, 0.29) is 12.2 Å². The molecule has 0 saturated carbocycles. The molecule has 1 aliphatic carbocycles. The Bertz CT molecular complexity index is 712. The van der Waals surface area contributed by atoms with Crippen molar-refractivity contribution in [3.05, 3.63) is 90.1 Å². The van der Waals surface area contributed by atoms with Gasteiger partial charge < -0.3 is 11.1 Å². The summed E-state index contributed by atoms with van der Waals surface area (Å²) in [7, 11) is 0. The van der Waals surface area contributed by atoms with Crippen molar-refractivity contribution in [2.24, 2.45) is 10.7 Å². The van der Waals surface area contributed by atoms with Gasteiger partial charge in [0.15, 0.2) is 0 Å². The Labute approximate surface area is 141 Å². The Balaban J connectivity index is 1.86. The molecule has 0 bridgehead atoms. The van der Waals surface area contributed by atoms with Crippen LogP contribution in [0.5, 0.6) is 0 Å². The zero-order valence-electron chi connectivity index (χ0n) is 13.5. The molecule has 0 spiro atoms. The number of pyridine rings is 1. The smallest absolute Gasteiger partial charge is 0.104 e. The first-order valence-corrected chi connectivity index (χ1v) is 7.71. The number of hydrogen-bond acceptors (Lipinski definition) is 4. The van der Waals surface area contributed by atoms with Gasteiger partial charge in [0.1, 0.15) is 11.5 Å². The van der Waals surface area contributed by atoms with Crippen LogP contribution in [0, 0.1) is 0 Å². The highest BCUT2D eigenvalue weighted by atomic mass is 19.1. The van der Waals surface area contributed by atoms with Crippen molar-refractivity contribution in [3.8, 4) is 0 Å². The van der Waals surface area contributed by atoms with Crippen LogP contribution in [0.4, 0.5) is 4.39 Å². The van der Waals surface area contributed by atoms with Crippen molar-refractivity contribution in [2.75, 3.05) is 0 Å². The summed E-state index contributed by atoms with van der Waals surface area (Å²) < 4.78 is 13.2. The molecule has 1 aromatic heterocycles. The van der Waals surface area contributed by atoms with Crippen molar-refractivity contribution < 1.29 is 4.39 Å². The van der Waals surface area contributed by atoms with Crippen molar-refractivity contribution in [1.82, 2.24) is 10.3 Å². The molecule has 0 fully saturated rings. The van der Waals surface area contributed by atoms with Crippen molar-refractivity contribution in [3.63, 3.8) is 0 Å². The predicted molar refractivity (Wildman–Crippen MR) is 96.6 cm³/mol. The van der Waals surface area contributed by atoms with Crippen LogP contribution in [-0.2, 0) is 6.42 Å². The molecule has 0 aromatic carbocycles. The molecular weight excluding hydrogens is 303 g/mol. The highest BCUT2D eigenvalue weighted by Crippen LogP contribution is 2.14. The van der Waals surface area contributed by atoms with E-state index in [1.54, 1.807) is 30.6 Å². The topological polar surface area (TPSA) is 63.3 Å². The lowest BCUT2D eigenvalue weighted by Gasteiger charge is -2.10. The zero-order chi connectivity index (χ0) is 17.2. The molecule has 3 N–H and O–H groups in total. The molecule has 1 heterocycles. The second kappa shape index (κ2) is 9.25. The summed E-state index contributed by atoms with van der Waals surface area (Å²) in [6, 6.07) is 3.94. The lowest BCUT2D eigenvalue weighted by molar-refractivity contribution is 0.618. The van der Waals surface area contributed by atoms with Crippen LogP contribution in [0.2, 0.25) is 0 Å². The molecule has 4 nitrogen and oxygen atoms in total. The van der Waals surface area contributed by atoms with Crippen molar-refractivity contribution >= 4 is 6.21 Å². The van der Waals surface area contributed by atoms with Crippen LogP contribution in [0.25, 0.3) is 0 Å². The number of aliphatic imine (C=N–C) groups is 1. The lowest BCUT2D eigenvalue weighted by Crippen LogP contribution is -2.12. The number of aromatic nitrogens is 1. The van der Waals surface area contributed by atoms with Gasteiger partial charge in [0, 0.05) is 36.9 Å². The monoisotopic (exact) mass is 324 g/mol. The summed E-state index contributed by atoms with van der Waals surface area (Å²) in [6.07, 6.45) is 15.3. The standard InChI is InChI=1S/C19H21FN4/c1-15(24-18-8-2-7-17(20)9-10-18)19(13-21)23-12-4-6-16-5-3-11-22-14-16/h2-3,5,7-8,10-14,24H,1,4,6,9,21H2/b19-13+,23-12?. The minimum atomic E-state index is -0.184. The van der Waals surface area contributed by atoms with Crippen molar-refractivity contribution in [1.29, 1.82) is 0 Å². The maximum absolute atomic E-state index is 13.2. The quantitative estimate of drug-likeness (QED) is 0.594. The third-order valence-electron chi connectivity index (χ3n) is 3.35. The summed E-state index contributed by atoms with van der Waals surface area (Å²) in [5, 5.41) is 3.10. The van der Waals surface area contributed by atoms with Crippen LogP contribution in [0.3, 0.4) is 0 Å². The molecule has 1 aliphatic rings. The zero-order valence-corrected chi connectivity index (χ0v) is 13.5. The Morgan fingerprint density at radius 3 is 3.12 bits per heavy atom. The molecule has 0 aliphatic heterocycles. The van der Waals surface area contributed by atoms with Gasteiger partial charge in [0.2, 0.25) is 0 Å². The van der Waals surface area contributed by atoms with E-state index in [9.17, 15) is 4.39 Å². The number of rotatable bonds is 7. The molecule has 24 heavy (non-hydrogen) atoms. The molecular formula is C19H21FN4. The summed E-state index contributed by atoms with van der Waals surface area (Å²) in [6.45, 7) is 3.94. The van der Waals surface area contributed by atoms with E-state index in [2.05, 4.69) is 21.9 Å². The third kappa shape index (κ3) is 5.68. The lowest BCUT2D eigenvalue weighted by atomic mass is 10.2. The molecule has 0 unspecified atom stereocenters. The fourth-order valence-electron chi connectivity index (χ4n) is 2.09. The maximum Gasteiger partial charge on any atom is 0.104 e. The molecule has 0 atom stereocenters. The average molecular weight is 324 g/mol. The van der Waals surface area contributed by atoms with E-state index in [4.69, 9.17) is 5.73 Å². The number of halogens is 1. The van der Waals surface area contributed by atoms with Gasteiger partial charge in [0.25, 0.3) is 0 Å². The Kier molecular flexibility index (Phi) is 6.71. The molecule has 124 valence electrons. The fourth-order valence-corrected chi connectivity index (χ4v) is 2.09. The van der Waals surface area contributed by atoms with Crippen LogP contribution >= 0.6 is 0 Å². The molecule has 5 heteroatoms. The van der Waals surface area contributed by atoms with Gasteiger partial charge in [-0.25, -0.2) is 4.39 Å². The fraction of sp³-hybridized carbons (Fsp3) is 0.158. The van der Waals surface area contributed by atoms with Gasteiger partial charge in [0.05, 0.1) is 5.70 Å². The van der Waals surface area contributed by atoms with E-state index >= 15 is 0 Å². The Morgan fingerprint density at radius 2 is 2.38 bits per heavy atom. The Hall–Kier alpha value is -2.95. The third-order valence-corrected chi connectivity index (χ3v) is 3.35. The van der Waals surface area contributed by atoms with Gasteiger partial charge >= 0.3 is 0 Å². The molecule has 0 radical (unpaired) electrons. The molecule has 0 saturated heterocycles. The summed E-state index contributed by atoms with van der Waals surface area (Å²) in [5.74, 6) is -0.184. The molecule has 0 amide bonds. The first kappa shape index (κ1) is 17.4. The van der Waals surface area contributed by atoms with Crippen LogP contribution < -0.4 is 11.1 Å².